The van der Waals surface area contributed by atoms with Crippen molar-refractivity contribution in [1.29, 1.82) is 0 Å². The van der Waals surface area contributed by atoms with Crippen LogP contribution in [0.1, 0.15) is 25.7 Å². The lowest BCUT2D eigenvalue weighted by molar-refractivity contribution is -0.127. The van der Waals surface area contributed by atoms with Crippen LogP contribution in [0.3, 0.4) is 0 Å². The Kier molecular flexibility index (Phi) is 1.62. The minimum absolute atomic E-state index is 0.236. The van der Waals surface area contributed by atoms with E-state index >= 15 is 0 Å². The summed E-state index contributed by atoms with van der Waals surface area (Å²) < 4.78 is 0. The second-order valence-corrected chi connectivity index (χ2v) is 3.22. The minimum Gasteiger partial charge on any atom is -0.315 e. The summed E-state index contributed by atoms with van der Waals surface area (Å²) in [5.41, 5.74) is 4.30. The van der Waals surface area contributed by atoms with Crippen LogP contribution in [0.25, 0.3) is 0 Å². The Balaban J connectivity index is 2.33. The van der Waals surface area contributed by atoms with Gasteiger partial charge in [0.15, 0.2) is 5.54 Å². The van der Waals surface area contributed by atoms with E-state index in [2.05, 4.69) is 16.0 Å². The summed E-state index contributed by atoms with van der Waals surface area (Å²) in [7, 11) is 0. The predicted molar refractivity (Wildman–Crippen MR) is 41.7 cm³/mol. The molecular weight excluding hydrogens is 158 g/mol. The molecule has 0 aromatic rings. The van der Waals surface area contributed by atoms with Gasteiger partial charge in [-0.25, -0.2) is 5.43 Å². The summed E-state index contributed by atoms with van der Waals surface area (Å²) in [6, 6.07) is 0. The van der Waals surface area contributed by atoms with Crippen LogP contribution in [0.4, 0.5) is 0 Å². The second-order valence-electron chi connectivity index (χ2n) is 3.22. The van der Waals surface area contributed by atoms with Crippen molar-refractivity contribution in [2.45, 2.75) is 31.2 Å². The highest BCUT2D eigenvalue weighted by Crippen LogP contribution is 2.28. The van der Waals surface area contributed by atoms with Gasteiger partial charge in [0.25, 0.3) is 5.91 Å². The molecule has 0 aromatic carbocycles. The highest BCUT2D eigenvalue weighted by Gasteiger charge is 2.48. The average Bonchev–Trinajstić information content (AvgIpc) is 2.45. The van der Waals surface area contributed by atoms with Crippen LogP contribution in [0.5, 0.6) is 0 Å². The molecule has 5 nitrogen and oxygen atoms in total. The van der Waals surface area contributed by atoms with E-state index in [1.54, 1.807) is 0 Å². The quantitative estimate of drug-likeness (QED) is 0.474. The van der Waals surface area contributed by atoms with Crippen molar-refractivity contribution in [3.63, 3.8) is 0 Å². The lowest BCUT2D eigenvalue weighted by Crippen LogP contribution is -2.57. The lowest BCUT2D eigenvalue weighted by atomic mass is 9.81. The molecule has 0 radical (unpaired) electrons. The number of hydrogen-bond acceptors (Lipinski definition) is 4. The van der Waals surface area contributed by atoms with E-state index < -0.39 is 5.54 Å². The molecule has 1 heterocycles. The highest BCUT2D eigenvalue weighted by molar-refractivity contribution is 6.16. The number of carbonyl (C=O) groups is 1. The van der Waals surface area contributed by atoms with Gasteiger partial charge in [0.1, 0.15) is 0 Å². The maximum Gasteiger partial charge on any atom is 0.268 e. The van der Waals surface area contributed by atoms with Gasteiger partial charge in [-0.15, -0.1) is 0 Å². The largest absolute Gasteiger partial charge is 0.315 e. The number of hydrogen-bond donors (Lipinski definition) is 3. The molecule has 1 aliphatic carbocycles. The van der Waals surface area contributed by atoms with Gasteiger partial charge >= 0.3 is 0 Å². The number of rotatable bonds is 1. The first kappa shape index (κ1) is 7.70. The van der Waals surface area contributed by atoms with Crippen LogP contribution in [0.15, 0.2) is 5.10 Å². The van der Waals surface area contributed by atoms with Crippen LogP contribution >= 0.6 is 0 Å². The molecule has 5 heteroatoms. The summed E-state index contributed by atoms with van der Waals surface area (Å²) in [5, 5.41) is 12.8. The maximum absolute atomic E-state index is 11.3. The zero-order valence-corrected chi connectivity index (χ0v) is 6.63. The second kappa shape index (κ2) is 2.53. The number of nitrogens with zero attached hydrogens (tertiary/aromatic N) is 1. The van der Waals surface area contributed by atoms with Gasteiger partial charge in [0.05, 0.1) is 5.71 Å². The van der Waals surface area contributed by atoms with Gasteiger partial charge in [-0.05, 0) is 19.3 Å². The number of amides is 1. The fourth-order valence-electron chi connectivity index (χ4n) is 1.82. The number of hydroxylamine groups is 1. The molecule has 1 saturated carbocycles. The van der Waals surface area contributed by atoms with Crippen molar-refractivity contribution in [2.24, 2.45) is 5.10 Å². The molecule has 1 amide bonds. The molecule has 1 aliphatic heterocycles. The van der Waals surface area contributed by atoms with Crippen molar-refractivity contribution < 1.29 is 10.0 Å². The van der Waals surface area contributed by atoms with Crippen molar-refractivity contribution in [2.75, 3.05) is 0 Å². The molecule has 0 saturated heterocycles. The summed E-state index contributed by atoms with van der Waals surface area (Å²) in [4.78, 5) is 11.3. The molecule has 3 N–H and O–H groups in total. The Bertz CT molecular complexity index is 251. The molecule has 0 bridgehead atoms. The summed E-state index contributed by atoms with van der Waals surface area (Å²) in [6.45, 7) is 0. The van der Waals surface area contributed by atoms with Crippen LogP contribution < -0.4 is 10.9 Å². The average molecular weight is 169 g/mol. The fourth-order valence-corrected chi connectivity index (χ4v) is 1.82. The molecule has 2 aliphatic rings. The van der Waals surface area contributed by atoms with E-state index in [1.165, 1.54) is 0 Å². The van der Waals surface area contributed by atoms with Crippen LogP contribution in [-0.4, -0.2) is 22.4 Å². The van der Waals surface area contributed by atoms with Gasteiger partial charge < -0.3 is 5.21 Å². The SMILES string of the molecule is O=C1NN=C2CCCCC12NO. The van der Waals surface area contributed by atoms with Crippen molar-refractivity contribution in [3.05, 3.63) is 0 Å². The summed E-state index contributed by atoms with van der Waals surface area (Å²) >= 11 is 0. The standard InChI is InChI=1S/C7H11N3O2/c11-6-7(10-12)4-2-1-3-5(7)8-9-6/h10,12H,1-4H2,(H,9,11). The molecular formula is C7H11N3O2. The van der Waals surface area contributed by atoms with E-state index in [0.717, 1.165) is 25.0 Å². The van der Waals surface area contributed by atoms with Gasteiger partial charge in [-0.3, -0.25) is 4.79 Å². The summed E-state index contributed by atoms with van der Waals surface area (Å²) in [5.74, 6) is -0.236. The first-order valence-electron chi connectivity index (χ1n) is 4.08. The Morgan fingerprint density at radius 3 is 3.08 bits per heavy atom. The van der Waals surface area contributed by atoms with Crippen molar-refractivity contribution in [1.82, 2.24) is 10.9 Å². The van der Waals surface area contributed by atoms with E-state index in [0.29, 0.717) is 6.42 Å². The molecule has 1 fully saturated rings. The molecule has 66 valence electrons. The zero-order chi connectivity index (χ0) is 8.60. The van der Waals surface area contributed by atoms with Gasteiger partial charge in [-0.2, -0.15) is 10.6 Å². The van der Waals surface area contributed by atoms with Crippen molar-refractivity contribution >= 4 is 11.6 Å². The van der Waals surface area contributed by atoms with Crippen LogP contribution in [0.2, 0.25) is 0 Å². The van der Waals surface area contributed by atoms with Crippen LogP contribution in [0, 0.1) is 0 Å². The minimum atomic E-state index is -0.905. The Morgan fingerprint density at radius 2 is 2.42 bits per heavy atom. The van der Waals surface area contributed by atoms with E-state index in [9.17, 15) is 4.79 Å². The monoisotopic (exact) mass is 169 g/mol. The third kappa shape index (κ3) is 0.804. The number of carbonyl (C=O) groups excluding carboxylic acids is 1. The molecule has 0 aromatic heterocycles. The smallest absolute Gasteiger partial charge is 0.268 e. The Hall–Kier alpha value is -0.940. The van der Waals surface area contributed by atoms with E-state index in [-0.39, 0.29) is 5.91 Å². The topological polar surface area (TPSA) is 73.7 Å². The third-order valence-corrected chi connectivity index (χ3v) is 2.58. The maximum atomic E-state index is 11.3. The molecule has 2 rings (SSSR count). The van der Waals surface area contributed by atoms with E-state index in [1.807, 2.05) is 0 Å². The zero-order valence-electron chi connectivity index (χ0n) is 6.63. The third-order valence-electron chi connectivity index (χ3n) is 2.58. The summed E-state index contributed by atoms with van der Waals surface area (Å²) in [6.07, 6.45) is 3.40. The van der Waals surface area contributed by atoms with Crippen molar-refractivity contribution in [3.8, 4) is 0 Å². The Labute approximate surface area is 69.8 Å². The molecule has 12 heavy (non-hydrogen) atoms. The number of fused-ring (bicyclic) bond motifs is 1. The van der Waals surface area contributed by atoms with Gasteiger partial charge in [-0.1, -0.05) is 6.42 Å². The highest BCUT2D eigenvalue weighted by atomic mass is 16.5. The van der Waals surface area contributed by atoms with E-state index in [4.69, 9.17) is 5.21 Å². The number of nitrogens with one attached hydrogen (secondary N) is 2. The first-order valence-corrected chi connectivity index (χ1v) is 4.08. The molecule has 1 atom stereocenters. The molecule has 0 spiro atoms. The van der Waals surface area contributed by atoms with Crippen LogP contribution in [-0.2, 0) is 4.79 Å². The predicted octanol–water partition coefficient (Wildman–Crippen LogP) is -0.236. The van der Waals surface area contributed by atoms with Gasteiger partial charge in [0, 0.05) is 0 Å². The normalized spacial score (nSPS) is 34.1. The first-order chi connectivity index (χ1) is 5.79. The van der Waals surface area contributed by atoms with Gasteiger partial charge in [0.2, 0.25) is 0 Å². The Morgan fingerprint density at radius 1 is 1.58 bits per heavy atom. The number of hydrazone groups is 1. The molecule has 1 unspecified atom stereocenters. The fraction of sp³-hybridized carbons (Fsp3) is 0.714. The lowest BCUT2D eigenvalue weighted by Gasteiger charge is -2.29.